The second kappa shape index (κ2) is 9.34. The maximum absolute atomic E-state index is 13.7. The van der Waals surface area contributed by atoms with Gasteiger partial charge in [-0.1, -0.05) is 58.8 Å². The molecule has 1 atom stereocenters. The van der Waals surface area contributed by atoms with Gasteiger partial charge >= 0.3 is 0 Å². The number of fused-ring (bicyclic) bond motifs is 1. The standard InChI is InChI=1S/C27H37NO2/c1-7-9-10-20-12-11-18(3)15-23(20)25-19(4)27(5,6)24-16-21(30-17-28-8-2)13-14-22(24)26(25)29/h12-16,18,28H,7-11,17H2,1-6H3. The summed E-state index contributed by atoms with van der Waals surface area (Å²) >= 11 is 0. The zero-order valence-electron chi connectivity index (χ0n) is 19.5. The number of allylic oxidation sites excluding steroid dienone is 6. The molecule has 0 aromatic heterocycles. The van der Waals surface area contributed by atoms with E-state index in [2.05, 4.69) is 65.1 Å². The molecule has 0 aliphatic heterocycles. The van der Waals surface area contributed by atoms with Gasteiger partial charge in [0.25, 0.3) is 0 Å². The van der Waals surface area contributed by atoms with Crippen LogP contribution in [0, 0.1) is 5.92 Å². The number of ketones is 1. The van der Waals surface area contributed by atoms with E-state index in [1.54, 1.807) is 0 Å². The van der Waals surface area contributed by atoms with E-state index in [0.29, 0.717) is 12.6 Å². The molecule has 1 N–H and O–H groups in total. The summed E-state index contributed by atoms with van der Waals surface area (Å²) in [5.74, 6) is 1.42. The number of hydrogen-bond donors (Lipinski definition) is 1. The molecular formula is C27H37NO2. The monoisotopic (exact) mass is 407 g/mol. The molecule has 3 nitrogen and oxygen atoms in total. The number of hydrogen-bond acceptors (Lipinski definition) is 3. The SMILES string of the molecule is CCCCC1=CCC(C)C=C1C1=C(C)C(C)(C)c2cc(OCNCC)ccc2C1=O. The predicted molar refractivity (Wildman–Crippen MR) is 125 cm³/mol. The fourth-order valence-corrected chi connectivity index (χ4v) is 4.45. The molecule has 0 amide bonds. The van der Waals surface area contributed by atoms with E-state index in [9.17, 15) is 4.79 Å². The van der Waals surface area contributed by atoms with Crippen LogP contribution in [0.4, 0.5) is 0 Å². The lowest BCUT2D eigenvalue weighted by atomic mass is 9.66. The molecule has 162 valence electrons. The molecule has 0 saturated carbocycles. The third kappa shape index (κ3) is 4.32. The van der Waals surface area contributed by atoms with Crippen LogP contribution >= 0.6 is 0 Å². The summed E-state index contributed by atoms with van der Waals surface area (Å²) in [5.41, 5.74) is 6.25. The molecule has 0 spiro atoms. The summed E-state index contributed by atoms with van der Waals surface area (Å²) in [6.07, 6.45) is 9.12. The molecule has 0 radical (unpaired) electrons. The topological polar surface area (TPSA) is 38.3 Å². The molecule has 2 aliphatic rings. The van der Waals surface area contributed by atoms with E-state index >= 15 is 0 Å². The van der Waals surface area contributed by atoms with Crippen LogP contribution in [0.3, 0.4) is 0 Å². The summed E-state index contributed by atoms with van der Waals surface area (Å²) in [6.45, 7) is 14.4. The van der Waals surface area contributed by atoms with E-state index in [1.165, 1.54) is 11.1 Å². The highest BCUT2D eigenvalue weighted by Gasteiger charge is 2.39. The van der Waals surface area contributed by atoms with Gasteiger partial charge in [0.05, 0.1) is 0 Å². The first kappa shape index (κ1) is 22.6. The molecule has 0 saturated heterocycles. The molecule has 0 fully saturated rings. The highest BCUT2D eigenvalue weighted by atomic mass is 16.5. The third-order valence-corrected chi connectivity index (χ3v) is 6.64. The predicted octanol–water partition coefficient (Wildman–Crippen LogP) is 6.51. The van der Waals surface area contributed by atoms with E-state index in [4.69, 9.17) is 4.74 Å². The Balaban J connectivity index is 2.04. The van der Waals surface area contributed by atoms with Gasteiger partial charge in [-0.3, -0.25) is 10.1 Å². The van der Waals surface area contributed by atoms with Crippen molar-refractivity contribution in [1.82, 2.24) is 5.32 Å². The van der Waals surface area contributed by atoms with Crippen molar-refractivity contribution in [2.45, 2.75) is 72.6 Å². The van der Waals surface area contributed by atoms with Gasteiger partial charge in [-0.25, -0.2) is 0 Å². The minimum atomic E-state index is -0.229. The molecular weight excluding hydrogens is 370 g/mol. The van der Waals surface area contributed by atoms with Gasteiger partial charge in [0.1, 0.15) is 12.5 Å². The van der Waals surface area contributed by atoms with E-state index in [0.717, 1.165) is 60.3 Å². The average molecular weight is 408 g/mol. The highest BCUT2D eigenvalue weighted by Crippen LogP contribution is 2.46. The smallest absolute Gasteiger partial charge is 0.193 e. The number of ether oxygens (including phenoxy) is 1. The summed E-state index contributed by atoms with van der Waals surface area (Å²) in [7, 11) is 0. The number of unbranched alkanes of at least 4 members (excludes halogenated alkanes) is 1. The molecule has 0 heterocycles. The lowest BCUT2D eigenvalue weighted by molar-refractivity contribution is 0.102. The minimum absolute atomic E-state index is 0.155. The van der Waals surface area contributed by atoms with Gasteiger partial charge in [-0.05, 0) is 73.6 Å². The van der Waals surface area contributed by atoms with E-state index in [-0.39, 0.29) is 11.2 Å². The van der Waals surface area contributed by atoms with Crippen molar-refractivity contribution in [2.75, 3.05) is 13.3 Å². The second-order valence-electron chi connectivity index (χ2n) is 9.18. The highest BCUT2D eigenvalue weighted by molar-refractivity contribution is 6.15. The Hall–Kier alpha value is -2.13. The first-order valence-electron chi connectivity index (χ1n) is 11.5. The largest absolute Gasteiger partial charge is 0.478 e. The summed E-state index contributed by atoms with van der Waals surface area (Å²) < 4.78 is 5.84. The van der Waals surface area contributed by atoms with Crippen molar-refractivity contribution in [3.05, 3.63) is 63.8 Å². The van der Waals surface area contributed by atoms with Crippen molar-refractivity contribution in [1.29, 1.82) is 0 Å². The van der Waals surface area contributed by atoms with Crippen LogP contribution in [0.2, 0.25) is 0 Å². The summed E-state index contributed by atoms with van der Waals surface area (Å²) in [6, 6.07) is 5.93. The first-order valence-corrected chi connectivity index (χ1v) is 11.5. The van der Waals surface area contributed by atoms with E-state index in [1.807, 2.05) is 12.1 Å². The van der Waals surface area contributed by atoms with Crippen LogP contribution in [0.15, 0.2) is 52.6 Å². The number of Topliss-reactive ketones (excluding diaryl/α,β-unsaturated/α-hetero) is 1. The second-order valence-corrected chi connectivity index (χ2v) is 9.18. The maximum atomic E-state index is 13.7. The first-order chi connectivity index (χ1) is 14.3. The molecule has 1 unspecified atom stereocenters. The molecule has 1 aromatic rings. The van der Waals surface area contributed by atoms with Crippen LogP contribution in [0.25, 0.3) is 0 Å². The summed E-state index contributed by atoms with van der Waals surface area (Å²) in [5, 5.41) is 3.18. The Morgan fingerprint density at radius 1 is 1.23 bits per heavy atom. The lowest BCUT2D eigenvalue weighted by Crippen LogP contribution is -2.31. The molecule has 2 aliphatic carbocycles. The van der Waals surface area contributed by atoms with Crippen LogP contribution in [0.5, 0.6) is 5.75 Å². The fourth-order valence-electron chi connectivity index (χ4n) is 4.45. The molecule has 3 rings (SSSR count). The Labute approximate surface area is 182 Å². The average Bonchev–Trinajstić information content (AvgIpc) is 2.72. The number of carbonyl (C=O) groups is 1. The van der Waals surface area contributed by atoms with Crippen molar-refractivity contribution < 1.29 is 9.53 Å². The third-order valence-electron chi connectivity index (χ3n) is 6.64. The Kier molecular flexibility index (Phi) is 7.02. The number of nitrogens with one attached hydrogen (secondary N) is 1. The Bertz CT molecular complexity index is 901. The number of carbonyl (C=O) groups excluding carboxylic acids is 1. The van der Waals surface area contributed by atoms with Crippen molar-refractivity contribution in [2.24, 2.45) is 5.92 Å². The quantitative estimate of drug-likeness (QED) is 0.394. The number of benzene rings is 1. The number of rotatable bonds is 8. The van der Waals surface area contributed by atoms with Crippen molar-refractivity contribution in [3.8, 4) is 5.75 Å². The van der Waals surface area contributed by atoms with Gasteiger partial charge in [-0.15, -0.1) is 0 Å². The van der Waals surface area contributed by atoms with Gasteiger partial charge in [0, 0.05) is 16.6 Å². The minimum Gasteiger partial charge on any atom is -0.478 e. The van der Waals surface area contributed by atoms with Gasteiger partial charge in [-0.2, -0.15) is 0 Å². The van der Waals surface area contributed by atoms with Crippen LogP contribution in [0.1, 0.15) is 83.1 Å². The Morgan fingerprint density at radius 3 is 2.70 bits per heavy atom. The zero-order valence-corrected chi connectivity index (χ0v) is 19.5. The van der Waals surface area contributed by atoms with Crippen molar-refractivity contribution >= 4 is 5.78 Å². The van der Waals surface area contributed by atoms with E-state index < -0.39 is 0 Å². The molecule has 3 heteroatoms. The van der Waals surface area contributed by atoms with Gasteiger partial charge in [0.2, 0.25) is 0 Å². The lowest BCUT2D eigenvalue weighted by Gasteiger charge is -2.37. The van der Waals surface area contributed by atoms with Crippen LogP contribution in [-0.4, -0.2) is 19.1 Å². The Morgan fingerprint density at radius 2 is 2.00 bits per heavy atom. The van der Waals surface area contributed by atoms with Gasteiger partial charge in [0.15, 0.2) is 5.78 Å². The zero-order chi connectivity index (χ0) is 21.9. The molecule has 30 heavy (non-hydrogen) atoms. The molecule has 0 bridgehead atoms. The van der Waals surface area contributed by atoms with Gasteiger partial charge < -0.3 is 4.74 Å². The molecule has 1 aromatic carbocycles. The summed E-state index contributed by atoms with van der Waals surface area (Å²) in [4.78, 5) is 13.7. The normalized spacial score (nSPS) is 20.6. The van der Waals surface area contributed by atoms with Crippen molar-refractivity contribution in [3.63, 3.8) is 0 Å². The van der Waals surface area contributed by atoms with Crippen LogP contribution in [-0.2, 0) is 5.41 Å². The maximum Gasteiger partial charge on any atom is 0.193 e. The van der Waals surface area contributed by atoms with Crippen LogP contribution < -0.4 is 10.1 Å². The fraction of sp³-hybridized carbons (Fsp3) is 0.519.